The van der Waals surface area contributed by atoms with Crippen LogP contribution in [0.25, 0.3) is 0 Å². The third kappa shape index (κ3) is 15.0. The van der Waals surface area contributed by atoms with E-state index in [4.69, 9.17) is 4.52 Å². The highest BCUT2D eigenvalue weighted by Gasteiger charge is 2.33. The third-order valence-corrected chi connectivity index (χ3v) is 11.6. The van der Waals surface area contributed by atoms with Gasteiger partial charge in [-0.25, -0.2) is 0 Å². The zero-order valence-electron chi connectivity index (χ0n) is 18.5. The van der Waals surface area contributed by atoms with Gasteiger partial charge in [-0.1, -0.05) is 85.5 Å². The summed E-state index contributed by atoms with van der Waals surface area (Å²) in [6.45, 7) is 8.87. The summed E-state index contributed by atoms with van der Waals surface area (Å²) in [5, 5.41) is 0. The predicted molar refractivity (Wildman–Crippen MR) is 120 cm³/mol. The van der Waals surface area contributed by atoms with E-state index in [0.717, 1.165) is 77.0 Å². The molecule has 0 aromatic carbocycles. The number of unbranched alkanes of at least 4 members (excludes halogenated alkanes) is 7. The summed E-state index contributed by atoms with van der Waals surface area (Å²) < 4.78 is 31.6. The van der Waals surface area contributed by atoms with Crippen molar-refractivity contribution in [3.8, 4) is 0 Å². The standard InChI is InChI=1S/C21H46O4P2/c1-5-9-12-14-17-26(22,18-15-13-10-6-2)20-27(23,24)25-19-21(8-4)16-11-7-3/h21H,5-20H2,1-4H3,(H,23,24). The zero-order chi connectivity index (χ0) is 20.6. The first-order valence-electron chi connectivity index (χ1n) is 11.4. The molecular formula is C21H46O4P2. The number of rotatable bonds is 19. The monoisotopic (exact) mass is 424 g/mol. The van der Waals surface area contributed by atoms with Gasteiger partial charge < -0.3 is 14.0 Å². The fourth-order valence-corrected chi connectivity index (χ4v) is 9.72. The Bertz CT molecular complexity index is 424. The first kappa shape index (κ1) is 27.4. The van der Waals surface area contributed by atoms with Crippen molar-refractivity contribution in [1.29, 1.82) is 0 Å². The Morgan fingerprint density at radius 2 is 1.30 bits per heavy atom. The summed E-state index contributed by atoms with van der Waals surface area (Å²) in [5.74, 6) is 0.196. The molecule has 0 aliphatic rings. The van der Waals surface area contributed by atoms with Crippen molar-refractivity contribution in [2.24, 2.45) is 5.92 Å². The maximum Gasteiger partial charge on any atom is 0.335 e. The fraction of sp³-hybridized carbons (Fsp3) is 1.00. The van der Waals surface area contributed by atoms with Gasteiger partial charge in [-0.3, -0.25) is 4.57 Å². The molecule has 27 heavy (non-hydrogen) atoms. The van der Waals surface area contributed by atoms with Crippen molar-refractivity contribution in [3.63, 3.8) is 0 Å². The molecule has 4 nitrogen and oxygen atoms in total. The van der Waals surface area contributed by atoms with Crippen LogP contribution in [0, 0.1) is 5.92 Å². The topological polar surface area (TPSA) is 63.6 Å². The molecule has 0 amide bonds. The van der Waals surface area contributed by atoms with Crippen LogP contribution in [-0.2, 0) is 13.7 Å². The van der Waals surface area contributed by atoms with Crippen LogP contribution >= 0.6 is 14.7 Å². The van der Waals surface area contributed by atoms with Gasteiger partial charge in [0.15, 0.2) is 0 Å². The maximum atomic E-state index is 13.4. The van der Waals surface area contributed by atoms with E-state index in [1.54, 1.807) is 0 Å². The summed E-state index contributed by atoms with van der Waals surface area (Å²) in [7, 11) is -6.44. The molecule has 0 radical (unpaired) electrons. The minimum absolute atomic E-state index is 0.123. The first-order valence-corrected chi connectivity index (χ1v) is 15.4. The van der Waals surface area contributed by atoms with Gasteiger partial charge in [0.1, 0.15) is 5.90 Å². The summed E-state index contributed by atoms with van der Waals surface area (Å²) in [6.07, 6.45) is 13.9. The summed E-state index contributed by atoms with van der Waals surface area (Å²) >= 11 is 0. The van der Waals surface area contributed by atoms with Crippen LogP contribution in [0.1, 0.15) is 105 Å². The number of hydrogen-bond acceptors (Lipinski definition) is 3. The van der Waals surface area contributed by atoms with Crippen LogP contribution in [0.3, 0.4) is 0 Å². The molecule has 164 valence electrons. The van der Waals surface area contributed by atoms with Gasteiger partial charge in [-0.2, -0.15) is 0 Å². The Labute approximate surface area is 169 Å². The molecule has 0 aliphatic heterocycles. The molecule has 0 fully saturated rings. The lowest BCUT2D eigenvalue weighted by atomic mass is 10.0. The van der Waals surface area contributed by atoms with E-state index in [-0.39, 0.29) is 5.90 Å². The van der Waals surface area contributed by atoms with E-state index in [1.165, 1.54) is 0 Å². The van der Waals surface area contributed by atoms with Gasteiger partial charge in [0.25, 0.3) is 0 Å². The second kappa shape index (κ2) is 16.2. The quantitative estimate of drug-likeness (QED) is 0.169. The molecule has 1 N–H and O–H groups in total. The van der Waals surface area contributed by atoms with Gasteiger partial charge >= 0.3 is 7.60 Å². The van der Waals surface area contributed by atoms with Crippen molar-refractivity contribution >= 4 is 14.7 Å². The highest BCUT2D eigenvalue weighted by molar-refractivity contribution is 7.76. The molecule has 0 aromatic rings. The summed E-state index contributed by atoms with van der Waals surface area (Å²) in [5.41, 5.74) is 0. The van der Waals surface area contributed by atoms with Gasteiger partial charge in [0.2, 0.25) is 0 Å². The lowest BCUT2D eigenvalue weighted by Gasteiger charge is -2.23. The van der Waals surface area contributed by atoms with E-state index >= 15 is 0 Å². The maximum absolute atomic E-state index is 13.4. The minimum Gasteiger partial charge on any atom is -0.324 e. The molecule has 2 unspecified atom stereocenters. The highest BCUT2D eigenvalue weighted by atomic mass is 31.2. The van der Waals surface area contributed by atoms with Gasteiger partial charge in [-0.15, -0.1) is 0 Å². The smallest absolute Gasteiger partial charge is 0.324 e. The molecule has 0 rings (SSSR count). The molecule has 0 aromatic heterocycles. The fourth-order valence-electron chi connectivity index (χ4n) is 3.39. The van der Waals surface area contributed by atoms with E-state index < -0.39 is 14.7 Å². The Hall–Kier alpha value is 0.380. The SMILES string of the molecule is CCCCCCP(=O)(CCCCCC)CP(=O)(O)OCC(CC)CCCC. The van der Waals surface area contributed by atoms with E-state index in [9.17, 15) is 14.0 Å². The second-order valence-corrected chi connectivity index (χ2v) is 13.8. The molecule has 0 bridgehead atoms. The van der Waals surface area contributed by atoms with Crippen molar-refractivity contribution in [2.75, 3.05) is 24.8 Å². The average molecular weight is 425 g/mol. The van der Waals surface area contributed by atoms with Gasteiger partial charge in [0.05, 0.1) is 13.7 Å². The largest absolute Gasteiger partial charge is 0.335 e. The normalized spacial score (nSPS) is 15.6. The van der Waals surface area contributed by atoms with Crippen LogP contribution in [0.5, 0.6) is 0 Å². The molecule has 0 saturated heterocycles. The van der Waals surface area contributed by atoms with Gasteiger partial charge in [0, 0.05) is 12.3 Å². The minimum atomic E-state index is -3.79. The Morgan fingerprint density at radius 3 is 1.74 bits per heavy atom. The molecule has 0 spiro atoms. The molecule has 2 atom stereocenters. The van der Waals surface area contributed by atoms with Crippen LogP contribution in [0.4, 0.5) is 0 Å². The third-order valence-electron chi connectivity index (χ3n) is 5.33. The van der Waals surface area contributed by atoms with Gasteiger partial charge in [-0.05, 0) is 25.2 Å². The first-order chi connectivity index (χ1) is 12.8. The Kier molecular flexibility index (Phi) is 16.4. The molecular weight excluding hydrogens is 378 g/mol. The summed E-state index contributed by atoms with van der Waals surface area (Å²) in [4.78, 5) is 10.4. The van der Waals surface area contributed by atoms with Crippen molar-refractivity contribution in [3.05, 3.63) is 0 Å². The highest BCUT2D eigenvalue weighted by Crippen LogP contribution is 2.61. The number of hydrogen-bond donors (Lipinski definition) is 1. The van der Waals surface area contributed by atoms with E-state index in [1.807, 2.05) is 0 Å². The van der Waals surface area contributed by atoms with Crippen LogP contribution < -0.4 is 0 Å². The summed E-state index contributed by atoms with van der Waals surface area (Å²) in [6, 6.07) is 0. The van der Waals surface area contributed by atoms with E-state index in [2.05, 4.69) is 27.7 Å². The molecule has 0 aliphatic carbocycles. The molecule has 0 heterocycles. The lowest BCUT2D eigenvalue weighted by molar-refractivity contribution is 0.206. The van der Waals surface area contributed by atoms with Crippen molar-refractivity contribution in [2.45, 2.75) is 105 Å². The van der Waals surface area contributed by atoms with Crippen LogP contribution in [0.2, 0.25) is 0 Å². The van der Waals surface area contributed by atoms with E-state index in [0.29, 0.717) is 24.8 Å². The Balaban J connectivity index is 4.71. The predicted octanol–water partition coefficient (Wildman–Crippen LogP) is 7.89. The Morgan fingerprint density at radius 1 is 0.778 bits per heavy atom. The van der Waals surface area contributed by atoms with Crippen LogP contribution in [0.15, 0.2) is 0 Å². The second-order valence-electron chi connectivity index (χ2n) is 8.12. The zero-order valence-corrected chi connectivity index (χ0v) is 20.2. The van der Waals surface area contributed by atoms with Crippen LogP contribution in [-0.4, -0.2) is 29.7 Å². The molecule has 0 saturated carbocycles. The molecule has 6 heteroatoms. The lowest BCUT2D eigenvalue weighted by Crippen LogP contribution is -2.10. The average Bonchev–Trinajstić information content (AvgIpc) is 2.62. The van der Waals surface area contributed by atoms with Crippen molar-refractivity contribution in [1.82, 2.24) is 0 Å². The van der Waals surface area contributed by atoms with Crippen molar-refractivity contribution < 1.29 is 18.5 Å².